The molecular formula is C16H17F3N4O. The minimum Gasteiger partial charge on any atom is -0.357 e. The molecule has 5 nitrogen and oxygen atoms in total. The van der Waals surface area contributed by atoms with E-state index in [9.17, 15) is 13.2 Å². The minimum atomic E-state index is -4.35. The highest BCUT2D eigenvalue weighted by Crippen LogP contribution is 2.40. The van der Waals surface area contributed by atoms with Crippen LogP contribution in [-0.2, 0) is 6.18 Å². The molecule has 0 amide bonds. The third kappa shape index (κ3) is 3.09. The van der Waals surface area contributed by atoms with E-state index in [1.165, 1.54) is 6.07 Å². The zero-order valence-electron chi connectivity index (χ0n) is 13.0. The summed E-state index contributed by atoms with van der Waals surface area (Å²) in [5, 5.41) is 4.09. The van der Waals surface area contributed by atoms with Gasteiger partial charge in [-0.2, -0.15) is 18.2 Å². The molecule has 0 aromatic carbocycles. The quantitative estimate of drug-likeness (QED) is 0.853. The van der Waals surface area contributed by atoms with Crippen LogP contribution in [0.5, 0.6) is 0 Å². The first kappa shape index (κ1) is 15.4. The number of pyridine rings is 1. The van der Waals surface area contributed by atoms with Gasteiger partial charge in [-0.25, -0.2) is 4.98 Å². The van der Waals surface area contributed by atoms with E-state index in [1.54, 1.807) is 0 Å². The van der Waals surface area contributed by atoms with Crippen LogP contribution in [0.1, 0.15) is 54.8 Å². The molecule has 3 heterocycles. The SMILES string of the molecule is FC(F)(F)c1ccc(N2CCC(c3noc(C4CC4)n3)CC2)nc1. The number of halogens is 3. The molecule has 2 aliphatic rings. The molecule has 1 aliphatic carbocycles. The summed E-state index contributed by atoms with van der Waals surface area (Å²) in [7, 11) is 0. The van der Waals surface area contributed by atoms with Gasteiger partial charge in [0, 0.05) is 31.1 Å². The number of hydrogen-bond acceptors (Lipinski definition) is 5. The Morgan fingerprint density at radius 3 is 2.38 bits per heavy atom. The zero-order valence-corrected chi connectivity index (χ0v) is 13.0. The van der Waals surface area contributed by atoms with Crippen molar-refractivity contribution >= 4 is 5.82 Å². The van der Waals surface area contributed by atoms with Crippen LogP contribution in [0.25, 0.3) is 0 Å². The lowest BCUT2D eigenvalue weighted by molar-refractivity contribution is -0.137. The van der Waals surface area contributed by atoms with Crippen molar-refractivity contribution in [2.75, 3.05) is 18.0 Å². The average Bonchev–Trinajstić information content (AvgIpc) is 3.32. The van der Waals surface area contributed by atoms with Gasteiger partial charge >= 0.3 is 6.18 Å². The number of alkyl halides is 3. The van der Waals surface area contributed by atoms with Crippen molar-refractivity contribution in [3.8, 4) is 0 Å². The Balaban J connectivity index is 1.38. The van der Waals surface area contributed by atoms with Crippen LogP contribution in [0.15, 0.2) is 22.9 Å². The standard InChI is InChI=1S/C16H17F3N4O/c17-16(18,19)12-3-4-13(20-9-12)23-7-5-10(6-8-23)14-21-15(24-22-14)11-1-2-11/h3-4,9-11H,1-2,5-8H2. The lowest BCUT2D eigenvalue weighted by Crippen LogP contribution is -2.33. The maximum atomic E-state index is 12.6. The van der Waals surface area contributed by atoms with Crippen molar-refractivity contribution in [3.05, 3.63) is 35.6 Å². The molecule has 2 aromatic heterocycles. The molecule has 0 N–H and O–H groups in total. The Hall–Kier alpha value is -2.12. The number of nitrogens with zero attached hydrogens (tertiary/aromatic N) is 4. The normalized spacial score (nSPS) is 19.7. The molecule has 2 aromatic rings. The summed E-state index contributed by atoms with van der Waals surface area (Å²) in [6.07, 6.45) is 0.469. The summed E-state index contributed by atoms with van der Waals surface area (Å²) in [5.74, 6) is 2.77. The van der Waals surface area contributed by atoms with Gasteiger partial charge in [-0.3, -0.25) is 0 Å². The first-order valence-electron chi connectivity index (χ1n) is 8.12. The van der Waals surface area contributed by atoms with Crippen molar-refractivity contribution in [1.82, 2.24) is 15.1 Å². The number of anilines is 1. The molecule has 2 fully saturated rings. The van der Waals surface area contributed by atoms with Crippen molar-refractivity contribution in [2.45, 2.75) is 43.7 Å². The second-order valence-electron chi connectivity index (χ2n) is 6.43. The number of rotatable bonds is 3. The topological polar surface area (TPSA) is 55.1 Å². The Kier molecular flexibility index (Phi) is 3.69. The molecule has 0 radical (unpaired) electrons. The summed E-state index contributed by atoms with van der Waals surface area (Å²) in [6, 6.07) is 2.51. The summed E-state index contributed by atoms with van der Waals surface area (Å²) >= 11 is 0. The molecule has 0 bridgehead atoms. The van der Waals surface area contributed by atoms with Crippen molar-refractivity contribution in [1.29, 1.82) is 0 Å². The van der Waals surface area contributed by atoms with Crippen LogP contribution >= 0.6 is 0 Å². The van der Waals surface area contributed by atoms with Crippen LogP contribution in [0.4, 0.5) is 19.0 Å². The van der Waals surface area contributed by atoms with Crippen LogP contribution in [0.2, 0.25) is 0 Å². The smallest absolute Gasteiger partial charge is 0.357 e. The molecule has 0 spiro atoms. The number of piperidine rings is 1. The van der Waals surface area contributed by atoms with E-state index in [0.29, 0.717) is 11.7 Å². The average molecular weight is 338 g/mol. The first-order valence-corrected chi connectivity index (χ1v) is 8.12. The van der Waals surface area contributed by atoms with E-state index in [4.69, 9.17) is 4.52 Å². The fourth-order valence-electron chi connectivity index (χ4n) is 3.02. The lowest BCUT2D eigenvalue weighted by Gasteiger charge is -2.31. The second-order valence-corrected chi connectivity index (χ2v) is 6.43. The van der Waals surface area contributed by atoms with E-state index in [-0.39, 0.29) is 5.92 Å². The van der Waals surface area contributed by atoms with Gasteiger partial charge in [0.25, 0.3) is 0 Å². The van der Waals surface area contributed by atoms with Gasteiger partial charge in [0.05, 0.1) is 5.56 Å². The molecule has 0 atom stereocenters. The molecule has 1 saturated carbocycles. The Bertz CT molecular complexity index is 701. The molecule has 8 heteroatoms. The monoisotopic (exact) mass is 338 g/mol. The predicted molar refractivity (Wildman–Crippen MR) is 79.7 cm³/mol. The van der Waals surface area contributed by atoms with E-state index < -0.39 is 11.7 Å². The van der Waals surface area contributed by atoms with Gasteiger partial charge < -0.3 is 9.42 Å². The fraction of sp³-hybridized carbons (Fsp3) is 0.562. The Labute approximate surface area is 136 Å². The van der Waals surface area contributed by atoms with Crippen LogP contribution in [0, 0.1) is 0 Å². The Morgan fingerprint density at radius 1 is 1.04 bits per heavy atom. The molecule has 0 unspecified atom stereocenters. The summed E-state index contributed by atoms with van der Waals surface area (Å²) < 4.78 is 43.1. The van der Waals surface area contributed by atoms with Gasteiger partial charge in [0.1, 0.15) is 5.82 Å². The molecule has 1 saturated heterocycles. The molecule has 4 rings (SSSR count). The molecule has 1 aliphatic heterocycles. The third-order valence-corrected chi connectivity index (χ3v) is 4.64. The van der Waals surface area contributed by atoms with Crippen molar-refractivity contribution in [2.24, 2.45) is 0 Å². The number of hydrogen-bond donors (Lipinski definition) is 0. The van der Waals surface area contributed by atoms with Crippen molar-refractivity contribution in [3.63, 3.8) is 0 Å². The van der Waals surface area contributed by atoms with E-state index in [0.717, 1.165) is 62.8 Å². The fourth-order valence-corrected chi connectivity index (χ4v) is 3.02. The van der Waals surface area contributed by atoms with Crippen LogP contribution in [0.3, 0.4) is 0 Å². The molecular weight excluding hydrogens is 321 g/mol. The van der Waals surface area contributed by atoms with Crippen molar-refractivity contribution < 1.29 is 17.7 Å². The highest BCUT2D eigenvalue weighted by atomic mass is 19.4. The summed E-state index contributed by atoms with van der Waals surface area (Å²) in [5.41, 5.74) is -0.722. The van der Waals surface area contributed by atoms with Gasteiger partial charge in [0.2, 0.25) is 5.89 Å². The molecule has 24 heavy (non-hydrogen) atoms. The van der Waals surface area contributed by atoms with Gasteiger partial charge in [-0.15, -0.1) is 0 Å². The Morgan fingerprint density at radius 2 is 1.79 bits per heavy atom. The zero-order chi connectivity index (χ0) is 16.7. The lowest BCUT2D eigenvalue weighted by atomic mass is 9.96. The highest BCUT2D eigenvalue weighted by Gasteiger charge is 2.33. The molecule has 128 valence electrons. The van der Waals surface area contributed by atoms with E-state index >= 15 is 0 Å². The minimum absolute atomic E-state index is 0.243. The van der Waals surface area contributed by atoms with Crippen LogP contribution < -0.4 is 4.90 Å². The van der Waals surface area contributed by atoms with E-state index in [1.807, 2.05) is 4.90 Å². The third-order valence-electron chi connectivity index (χ3n) is 4.64. The van der Waals surface area contributed by atoms with Crippen LogP contribution in [-0.4, -0.2) is 28.2 Å². The van der Waals surface area contributed by atoms with Gasteiger partial charge in [-0.1, -0.05) is 5.16 Å². The summed E-state index contributed by atoms with van der Waals surface area (Å²) in [6.45, 7) is 1.44. The number of aromatic nitrogens is 3. The van der Waals surface area contributed by atoms with E-state index in [2.05, 4.69) is 15.1 Å². The maximum absolute atomic E-state index is 12.6. The summed E-state index contributed by atoms with van der Waals surface area (Å²) in [4.78, 5) is 10.5. The second kappa shape index (κ2) is 5.75. The van der Waals surface area contributed by atoms with Gasteiger partial charge in [0.15, 0.2) is 5.82 Å². The maximum Gasteiger partial charge on any atom is 0.417 e. The first-order chi connectivity index (χ1) is 11.5. The largest absolute Gasteiger partial charge is 0.417 e. The predicted octanol–water partition coefficient (Wildman–Crippen LogP) is 3.74. The van der Waals surface area contributed by atoms with Gasteiger partial charge in [-0.05, 0) is 37.8 Å². The highest BCUT2D eigenvalue weighted by molar-refractivity contribution is 5.40.